The average Bonchev–Trinajstić information content (AvgIpc) is 2.57. The first kappa shape index (κ1) is 15.5. The third kappa shape index (κ3) is 3.51. The summed E-state index contributed by atoms with van der Waals surface area (Å²) in [5.74, 6) is -0.559. The molecule has 1 fully saturated rings. The number of carbonyl (C=O) groups excluding carboxylic acids is 1. The van der Waals surface area contributed by atoms with Crippen LogP contribution in [0, 0.1) is 5.82 Å². The van der Waals surface area contributed by atoms with Gasteiger partial charge in [0.1, 0.15) is 11.9 Å². The van der Waals surface area contributed by atoms with Crippen LogP contribution in [0.1, 0.15) is 11.6 Å². The summed E-state index contributed by atoms with van der Waals surface area (Å²) < 4.78 is 13.0. The van der Waals surface area contributed by atoms with E-state index in [-0.39, 0.29) is 11.7 Å². The fourth-order valence-electron chi connectivity index (χ4n) is 3.08. The standard InChI is InChI=1S/C18H20FN3O/c19-15-6-8-16(9-7-15)21-10-12-22(13-11-21)17(18(20)23)14-4-2-1-3-5-14/h1-9,17H,10-13H2,(H2,20,23)/t17-/m1/s1. The summed E-state index contributed by atoms with van der Waals surface area (Å²) in [7, 11) is 0. The molecule has 2 aromatic rings. The lowest BCUT2D eigenvalue weighted by Gasteiger charge is -2.39. The van der Waals surface area contributed by atoms with Crippen molar-refractivity contribution in [1.82, 2.24) is 4.90 Å². The normalized spacial score (nSPS) is 17.0. The van der Waals surface area contributed by atoms with Gasteiger partial charge in [-0.25, -0.2) is 4.39 Å². The highest BCUT2D eigenvalue weighted by Gasteiger charge is 2.28. The zero-order valence-electron chi connectivity index (χ0n) is 12.9. The van der Waals surface area contributed by atoms with E-state index in [9.17, 15) is 9.18 Å². The number of nitrogens with zero attached hydrogens (tertiary/aromatic N) is 2. The smallest absolute Gasteiger partial charge is 0.239 e. The predicted molar refractivity (Wildman–Crippen MR) is 88.6 cm³/mol. The number of hydrogen-bond acceptors (Lipinski definition) is 3. The van der Waals surface area contributed by atoms with Gasteiger partial charge in [-0.3, -0.25) is 9.69 Å². The second kappa shape index (κ2) is 6.79. The molecule has 4 nitrogen and oxygen atoms in total. The number of benzene rings is 2. The van der Waals surface area contributed by atoms with E-state index in [0.29, 0.717) is 0 Å². The van der Waals surface area contributed by atoms with Gasteiger partial charge in [0.15, 0.2) is 0 Å². The molecule has 120 valence electrons. The van der Waals surface area contributed by atoms with Crippen molar-refractivity contribution >= 4 is 11.6 Å². The van der Waals surface area contributed by atoms with Crippen LogP contribution in [0.15, 0.2) is 54.6 Å². The number of piperazine rings is 1. The van der Waals surface area contributed by atoms with Gasteiger partial charge >= 0.3 is 0 Å². The topological polar surface area (TPSA) is 49.6 Å². The minimum atomic E-state index is -0.397. The Bertz CT molecular complexity index is 652. The van der Waals surface area contributed by atoms with E-state index in [1.165, 1.54) is 12.1 Å². The number of primary amides is 1. The van der Waals surface area contributed by atoms with Crippen LogP contribution >= 0.6 is 0 Å². The summed E-state index contributed by atoms with van der Waals surface area (Å²) in [6, 6.07) is 15.7. The molecule has 0 aliphatic carbocycles. The van der Waals surface area contributed by atoms with Crippen LogP contribution in [0.3, 0.4) is 0 Å². The number of amides is 1. The number of anilines is 1. The molecule has 1 atom stereocenters. The highest BCUT2D eigenvalue weighted by Crippen LogP contribution is 2.24. The van der Waals surface area contributed by atoms with Gasteiger partial charge in [0, 0.05) is 31.9 Å². The van der Waals surface area contributed by atoms with Crippen molar-refractivity contribution in [2.24, 2.45) is 5.73 Å². The Balaban J connectivity index is 1.69. The molecule has 1 amide bonds. The van der Waals surface area contributed by atoms with Gasteiger partial charge in [-0.15, -0.1) is 0 Å². The van der Waals surface area contributed by atoms with Crippen molar-refractivity contribution in [3.8, 4) is 0 Å². The van der Waals surface area contributed by atoms with Crippen molar-refractivity contribution in [3.63, 3.8) is 0 Å². The molecule has 0 spiro atoms. The minimum absolute atomic E-state index is 0.231. The molecule has 0 saturated carbocycles. The summed E-state index contributed by atoms with van der Waals surface area (Å²) >= 11 is 0. The Morgan fingerprint density at radius 1 is 0.957 bits per heavy atom. The molecule has 0 aromatic heterocycles. The molecule has 3 rings (SSSR count). The third-order valence-corrected chi connectivity index (χ3v) is 4.26. The van der Waals surface area contributed by atoms with E-state index in [1.54, 1.807) is 12.1 Å². The highest BCUT2D eigenvalue weighted by molar-refractivity contribution is 5.81. The second-order valence-electron chi connectivity index (χ2n) is 5.72. The summed E-state index contributed by atoms with van der Waals surface area (Å²) in [5.41, 5.74) is 7.55. The third-order valence-electron chi connectivity index (χ3n) is 4.26. The van der Waals surface area contributed by atoms with E-state index in [0.717, 1.165) is 37.4 Å². The quantitative estimate of drug-likeness (QED) is 0.941. The number of nitrogens with two attached hydrogens (primary N) is 1. The molecule has 1 aliphatic heterocycles. The molecule has 0 unspecified atom stereocenters. The van der Waals surface area contributed by atoms with Gasteiger partial charge in [-0.2, -0.15) is 0 Å². The van der Waals surface area contributed by atoms with Gasteiger partial charge in [0.25, 0.3) is 0 Å². The Labute approximate surface area is 135 Å². The molecule has 0 bridgehead atoms. The molecule has 0 radical (unpaired) electrons. The second-order valence-corrected chi connectivity index (χ2v) is 5.72. The van der Waals surface area contributed by atoms with E-state index in [2.05, 4.69) is 9.80 Å². The molecule has 5 heteroatoms. The van der Waals surface area contributed by atoms with Crippen molar-refractivity contribution < 1.29 is 9.18 Å². The Kier molecular flexibility index (Phi) is 4.57. The lowest BCUT2D eigenvalue weighted by molar-refractivity contribution is -0.123. The maximum absolute atomic E-state index is 13.0. The number of halogens is 1. The van der Waals surface area contributed by atoms with Crippen LogP contribution in [-0.4, -0.2) is 37.0 Å². The Morgan fingerprint density at radius 2 is 1.57 bits per heavy atom. The average molecular weight is 313 g/mol. The summed E-state index contributed by atoms with van der Waals surface area (Å²) in [6.07, 6.45) is 0. The van der Waals surface area contributed by atoms with Crippen molar-refractivity contribution in [3.05, 3.63) is 66.0 Å². The van der Waals surface area contributed by atoms with Crippen LogP contribution in [0.4, 0.5) is 10.1 Å². The maximum atomic E-state index is 13.0. The van der Waals surface area contributed by atoms with Crippen molar-refractivity contribution in [2.75, 3.05) is 31.1 Å². The Hall–Kier alpha value is -2.40. The molecule has 1 aliphatic rings. The monoisotopic (exact) mass is 313 g/mol. The van der Waals surface area contributed by atoms with Crippen LogP contribution in [-0.2, 0) is 4.79 Å². The first-order valence-electron chi connectivity index (χ1n) is 7.74. The van der Waals surface area contributed by atoms with Crippen LogP contribution in [0.5, 0.6) is 0 Å². The SMILES string of the molecule is NC(=O)[C@@H](c1ccccc1)N1CCN(c2ccc(F)cc2)CC1. The zero-order valence-corrected chi connectivity index (χ0v) is 12.9. The van der Waals surface area contributed by atoms with Gasteiger partial charge in [0.2, 0.25) is 5.91 Å². The van der Waals surface area contributed by atoms with Gasteiger partial charge < -0.3 is 10.6 Å². The largest absolute Gasteiger partial charge is 0.369 e. The number of hydrogen-bond donors (Lipinski definition) is 1. The minimum Gasteiger partial charge on any atom is -0.369 e. The summed E-state index contributed by atoms with van der Waals surface area (Å²) in [4.78, 5) is 16.2. The van der Waals surface area contributed by atoms with Gasteiger partial charge in [-0.05, 0) is 29.8 Å². The number of carbonyl (C=O) groups is 1. The highest BCUT2D eigenvalue weighted by atomic mass is 19.1. The van der Waals surface area contributed by atoms with E-state index in [4.69, 9.17) is 5.73 Å². The van der Waals surface area contributed by atoms with Crippen LogP contribution < -0.4 is 10.6 Å². The molecular formula is C18H20FN3O. The fraction of sp³-hybridized carbons (Fsp3) is 0.278. The van der Waals surface area contributed by atoms with E-state index < -0.39 is 6.04 Å². The summed E-state index contributed by atoms with van der Waals surface area (Å²) in [5, 5.41) is 0. The first-order valence-corrected chi connectivity index (χ1v) is 7.74. The maximum Gasteiger partial charge on any atom is 0.239 e. The van der Waals surface area contributed by atoms with Crippen molar-refractivity contribution in [1.29, 1.82) is 0 Å². The van der Waals surface area contributed by atoms with E-state index in [1.807, 2.05) is 30.3 Å². The van der Waals surface area contributed by atoms with Gasteiger partial charge in [0.05, 0.1) is 0 Å². The van der Waals surface area contributed by atoms with Crippen LogP contribution in [0.2, 0.25) is 0 Å². The lowest BCUT2D eigenvalue weighted by Crippen LogP contribution is -2.50. The van der Waals surface area contributed by atoms with Gasteiger partial charge in [-0.1, -0.05) is 30.3 Å². The van der Waals surface area contributed by atoms with Crippen LogP contribution in [0.25, 0.3) is 0 Å². The molecule has 2 N–H and O–H groups in total. The molecule has 2 aromatic carbocycles. The van der Waals surface area contributed by atoms with Crippen molar-refractivity contribution in [2.45, 2.75) is 6.04 Å². The fourth-order valence-corrected chi connectivity index (χ4v) is 3.08. The summed E-state index contributed by atoms with van der Waals surface area (Å²) in [6.45, 7) is 3.03. The lowest BCUT2D eigenvalue weighted by atomic mass is 10.0. The Morgan fingerprint density at radius 3 is 2.13 bits per heavy atom. The molecule has 1 saturated heterocycles. The first-order chi connectivity index (χ1) is 11.1. The molecule has 23 heavy (non-hydrogen) atoms. The molecule has 1 heterocycles. The number of rotatable bonds is 4. The zero-order chi connectivity index (χ0) is 16.2. The van der Waals surface area contributed by atoms with E-state index >= 15 is 0 Å². The molecular weight excluding hydrogens is 293 g/mol. The predicted octanol–water partition coefficient (Wildman–Crippen LogP) is 2.17.